The van der Waals surface area contributed by atoms with Gasteiger partial charge in [-0.15, -0.1) is 0 Å². The molecule has 1 saturated heterocycles. The largest absolute Gasteiger partial charge is 0.369 e. The van der Waals surface area contributed by atoms with Crippen molar-refractivity contribution < 1.29 is 9.59 Å². The van der Waals surface area contributed by atoms with Crippen LogP contribution < -0.4 is 10.2 Å². The molecule has 122 valence electrons. The number of fused-ring (bicyclic) bond motifs is 1. The number of aryl methyl sites for hydroxylation is 1. The lowest BCUT2D eigenvalue weighted by molar-refractivity contribution is -0.115. The summed E-state index contributed by atoms with van der Waals surface area (Å²) in [6, 6.07) is 4.36. The molecule has 2 aliphatic heterocycles. The van der Waals surface area contributed by atoms with Crippen molar-refractivity contribution in [2.24, 2.45) is 0 Å². The maximum Gasteiger partial charge on any atom is 0.290 e. The van der Waals surface area contributed by atoms with Gasteiger partial charge in [0.1, 0.15) is 0 Å². The van der Waals surface area contributed by atoms with Gasteiger partial charge in [0.15, 0.2) is 0 Å². The quantitative estimate of drug-likeness (QED) is 0.790. The molecule has 1 N–H and O–H groups in total. The number of hydrogen-bond donors (Lipinski definition) is 1. The Balaban J connectivity index is 2.06. The zero-order valence-electron chi connectivity index (χ0n) is 14.2. The van der Waals surface area contributed by atoms with E-state index in [0.29, 0.717) is 10.8 Å². The second-order valence-electron chi connectivity index (χ2n) is 7.10. The number of benzene rings is 1. The van der Waals surface area contributed by atoms with E-state index in [2.05, 4.69) is 50.2 Å². The molecule has 5 heteroatoms. The van der Waals surface area contributed by atoms with Gasteiger partial charge < -0.3 is 4.90 Å². The minimum Gasteiger partial charge on any atom is -0.369 e. The van der Waals surface area contributed by atoms with Gasteiger partial charge in [0.05, 0.1) is 4.91 Å². The van der Waals surface area contributed by atoms with Gasteiger partial charge in [-0.3, -0.25) is 14.9 Å². The standard InChI is InChI=1S/C18H22N2O2S/c1-10-6-14-13(11(2)9-18(3,4)20(14)5)7-12(10)8-15-16(21)19-17(22)23-15/h6-8,11H,9H2,1-5H3,(H,19,21,22)/b15-8+. The molecule has 0 aromatic heterocycles. The summed E-state index contributed by atoms with van der Waals surface area (Å²) in [6.45, 7) is 8.83. The van der Waals surface area contributed by atoms with E-state index in [1.54, 1.807) is 0 Å². The van der Waals surface area contributed by atoms with E-state index in [0.717, 1.165) is 29.3 Å². The second-order valence-corrected chi connectivity index (χ2v) is 8.11. The number of nitrogens with zero attached hydrogens (tertiary/aromatic N) is 1. The van der Waals surface area contributed by atoms with Gasteiger partial charge in [-0.1, -0.05) is 6.92 Å². The summed E-state index contributed by atoms with van der Waals surface area (Å²) in [5.74, 6) is 0.157. The number of imide groups is 1. The van der Waals surface area contributed by atoms with E-state index >= 15 is 0 Å². The normalized spacial score (nSPS) is 24.8. The highest BCUT2D eigenvalue weighted by molar-refractivity contribution is 8.18. The topological polar surface area (TPSA) is 49.4 Å². The van der Waals surface area contributed by atoms with Crippen LogP contribution in [0.3, 0.4) is 0 Å². The van der Waals surface area contributed by atoms with Crippen LogP contribution in [0.15, 0.2) is 17.0 Å². The highest BCUT2D eigenvalue weighted by atomic mass is 32.2. The third kappa shape index (κ3) is 2.78. The van der Waals surface area contributed by atoms with Gasteiger partial charge in [0, 0.05) is 18.3 Å². The molecule has 0 radical (unpaired) electrons. The Morgan fingerprint density at radius 1 is 1.35 bits per heavy atom. The molecule has 0 saturated carbocycles. The van der Waals surface area contributed by atoms with Crippen LogP contribution >= 0.6 is 11.8 Å². The highest BCUT2D eigenvalue weighted by Gasteiger charge is 2.34. The molecule has 2 amide bonds. The molecule has 3 rings (SSSR count). The maximum atomic E-state index is 11.8. The fourth-order valence-corrected chi connectivity index (χ4v) is 4.13. The van der Waals surface area contributed by atoms with Gasteiger partial charge in [0.2, 0.25) is 0 Å². The summed E-state index contributed by atoms with van der Waals surface area (Å²) < 4.78 is 0. The molecule has 0 bridgehead atoms. The number of anilines is 1. The van der Waals surface area contributed by atoms with Gasteiger partial charge in [-0.25, -0.2) is 0 Å². The third-order valence-corrected chi connectivity index (χ3v) is 5.76. The van der Waals surface area contributed by atoms with Crippen LogP contribution in [0.4, 0.5) is 10.5 Å². The van der Waals surface area contributed by atoms with Gasteiger partial charge in [0.25, 0.3) is 11.1 Å². The van der Waals surface area contributed by atoms with Crippen LogP contribution in [0, 0.1) is 6.92 Å². The van der Waals surface area contributed by atoms with Crippen molar-refractivity contribution in [1.29, 1.82) is 0 Å². The Morgan fingerprint density at radius 2 is 2.04 bits per heavy atom. The van der Waals surface area contributed by atoms with Gasteiger partial charge in [-0.05, 0) is 79.8 Å². The molecule has 2 aliphatic rings. The first-order valence-corrected chi connectivity index (χ1v) is 8.64. The third-order valence-electron chi connectivity index (χ3n) is 4.95. The van der Waals surface area contributed by atoms with Crippen molar-refractivity contribution in [1.82, 2.24) is 5.32 Å². The fourth-order valence-electron chi connectivity index (χ4n) is 3.45. The van der Waals surface area contributed by atoms with E-state index in [1.807, 2.05) is 13.0 Å². The summed E-state index contributed by atoms with van der Waals surface area (Å²) in [5.41, 5.74) is 4.82. The number of thioether (sulfide) groups is 1. The zero-order valence-corrected chi connectivity index (χ0v) is 15.0. The molecule has 0 spiro atoms. The SMILES string of the molecule is Cc1cc2c(cc1/C=C1/SC(=O)NC1=O)C(C)CC(C)(C)N2C. The van der Waals surface area contributed by atoms with E-state index < -0.39 is 0 Å². The second kappa shape index (κ2) is 5.41. The van der Waals surface area contributed by atoms with E-state index in [4.69, 9.17) is 0 Å². The average molecular weight is 330 g/mol. The fraction of sp³-hybridized carbons (Fsp3) is 0.444. The molecule has 1 unspecified atom stereocenters. The number of amides is 2. The molecule has 1 aromatic carbocycles. The first kappa shape index (κ1) is 16.1. The number of rotatable bonds is 1. The lowest BCUT2D eigenvalue weighted by atomic mass is 9.79. The number of nitrogens with one attached hydrogen (secondary N) is 1. The molecule has 23 heavy (non-hydrogen) atoms. The summed E-state index contributed by atoms with van der Waals surface area (Å²) >= 11 is 0.967. The Bertz CT molecular complexity index is 737. The Hall–Kier alpha value is -1.75. The first-order valence-electron chi connectivity index (χ1n) is 7.82. The molecule has 4 nitrogen and oxygen atoms in total. The lowest BCUT2D eigenvalue weighted by Crippen LogP contribution is -2.45. The Labute approximate surface area is 141 Å². The Kier molecular flexibility index (Phi) is 3.79. The van der Waals surface area contributed by atoms with Crippen LogP contribution in [0.1, 0.15) is 49.8 Å². The highest BCUT2D eigenvalue weighted by Crippen LogP contribution is 2.43. The van der Waals surface area contributed by atoms with Crippen molar-refractivity contribution in [3.8, 4) is 0 Å². The summed E-state index contributed by atoms with van der Waals surface area (Å²) in [6.07, 6.45) is 2.91. The molecule has 2 heterocycles. The molecular formula is C18H22N2O2S. The molecule has 1 aromatic rings. The van der Waals surface area contributed by atoms with Crippen LogP contribution in [0.2, 0.25) is 0 Å². The summed E-state index contributed by atoms with van der Waals surface area (Å²) in [4.78, 5) is 25.9. The number of hydrogen-bond acceptors (Lipinski definition) is 4. The van der Waals surface area contributed by atoms with Crippen molar-refractivity contribution in [2.75, 3.05) is 11.9 Å². The van der Waals surface area contributed by atoms with Gasteiger partial charge >= 0.3 is 0 Å². The van der Waals surface area contributed by atoms with Crippen LogP contribution in [-0.2, 0) is 4.79 Å². The summed E-state index contributed by atoms with van der Waals surface area (Å²) in [7, 11) is 2.14. The van der Waals surface area contributed by atoms with Crippen LogP contribution in [0.25, 0.3) is 6.08 Å². The van der Waals surface area contributed by atoms with E-state index in [1.165, 1.54) is 11.3 Å². The van der Waals surface area contributed by atoms with E-state index in [-0.39, 0.29) is 16.7 Å². The lowest BCUT2D eigenvalue weighted by Gasteiger charge is -2.45. The van der Waals surface area contributed by atoms with Gasteiger partial charge in [-0.2, -0.15) is 0 Å². The summed E-state index contributed by atoms with van der Waals surface area (Å²) in [5, 5.41) is 2.00. The maximum absolute atomic E-state index is 11.8. The molecular weight excluding hydrogens is 308 g/mol. The van der Waals surface area contributed by atoms with Crippen molar-refractivity contribution in [3.05, 3.63) is 33.7 Å². The smallest absolute Gasteiger partial charge is 0.290 e. The minimum atomic E-state index is -0.302. The predicted molar refractivity (Wildman–Crippen MR) is 95.8 cm³/mol. The average Bonchev–Trinajstić information content (AvgIpc) is 2.76. The van der Waals surface area contributed by atoms with Crippen molar-refractivity contribution >= 4 is 34.7 Å². The van der Waals surface area contributed by atoms with Crippen molar-refractivity contribution in [2.45, 2.75) is 45.6 Å². The van der Waals surface area contributed by atoms with Crippen molar-refractivity contribution in [3.63, 3.8) is 0 Å². The predicted octanol–water partition coefficient (Wildman–Crippen LogP) is 4.04. The molecule has 1 fully saturated rings. The first-order chi connectivity index (χ1) is 10.7. The monoisotopic (exact) mass is 330 g/mol. The number of carbonyl (C=O) groups is 2. The Morgan fingerprint density at radius 3 is 2.65 bits per heavy atom. The molecule has 0 aliphatic carbocycles. The zero-order chi connectivity index (χ0) is 16.9. The molecule has 1 atom stereocenters. The van der Waals surface area contributed by atoms with Crippen LogP contribution in [-0.4, -0.2) is 23.7 Å². The van der Waals surface area contributed by atoms with Crippen LogP contribution in [0.5, 0.6) is 0 Å². The number of carbonyl (C=O) groups excluding carboxylic acids is 2. The van der Waals surface area contributed by atoms with E-state index in [9.17, 15) is 9.59 Å². The minimum absolute atomic E-state index is 0.131.